The van der Waals surface area contributed by atoms with Gasteiger partial charge in [-0.2, -0.15) is 0 Å². The van der Waals surface area contributed by atoms with Gasteiger partial charge in [-0.15, -0.1) is 0 Å². The third-order valence-electron chi connectivity index (χ3n) is 21.9. The average molecular weight is 2110 g/mol. The number of aromatic amines is 1. The van der Waals surface area contributed by atoms with E-state index < -0.39 is 349 Å². The lowest BCUT2D eigenvalue weighted by molar-refractivity contribution is -0.142. The number of hydrogen-bond acceptors (Lipinski definition) is 32. The van der Waals surface area contributed by atoms with E-state index in [4.69, 9.17) is 45.2 Å². The molecule has 1 aromatic heterocycles. The van der Waals surface area contributed by atoms with E-state index in [1.54, 1.807) is 13.8 Å². The number of imidazole rings is 1. The SMILES string of the molecule is CC(=O)NCCCC[C@@H]1NC(=O)[C@@H]2CSSC[C@@H](C(=O)N[C@@H](CCC(N)=O)C(=O)N[C@@H](CCC(N)=O)C(=O)N[C@@H](Cc3cnc[nH]3)C(N)=O)NC(=O)[C@H](CCCNC(=N)N)NC(=O)[C@H](CCCNC(=N)N)NC(=O)[C@H](C)NC(=O)[C@H](CSSC[C@H](NC(C)=O)C(=O)N[C@@H](CC(N)=O)C(=O)N2)NC(=O)[C@H](CC(C)C)NC(=O)[C@H](C)NC(=O)[C@H]([C@@H](C)O)NC(=O)[C@H](CCC(=O)O)NC(=O)[C@@H]2CCCN2C(=O)[C@H](C)NC1=O. The second-order valence-corrected chi connectivity index (χ2v) is 39.7. The number of nitrogens with zero attached hydrogens (tertiary/aromatic N) is 2. The predicted octanol–water partition coefficient (Wildman–Crippen LogP) is -11.9. The number of carbonyl (C=O) groups excluding carboxylic acids is 23. The minimum Gasteiger partial charge on any atom is -0.481 e. The number of nitrogens with one attached hydrogen (secondary N) is 23. The molecule has 0 saturated carbocycles. The summed E-state index contributed by atoms with van der Waals surface area (Å²) in [5, 5.41) is 85.7. The minimum atomic E-state index is -2.11. The first-order valence-corrected chi connectivity index (χ1v) is 51.1. The van der Waals surface area contributed by atoms with Gasteiger partial charge in [-0.3, -0.25) is 126 Å². The first-order valence-electron chi connectivity index (χ1n) is 46.1. The molecule has 0 unspecified atom stereocenters. The number of aliphatic hydroxyl groups excluding tert-OH is 1. The third-order valence-corrected chi connectivity index (χ3v) is 26.8. The molecule has 19 atom stereocenters. The first kappa shape index (κ1) is 123. The van der Waals surface area contributed by atoms with Crippen LogP contribution in [0.1, 0.15) is 170 Å². The summed E-state index contributed by atoms with van der Waals surface area (Å²) in [5.41, 5.74) is 34.0. The molecule has 3 aliphatic heterocycles. The van der Waals surface area contributed by atoms with Crippen LogP contribution in [0.5, 0.6) is 0 Å². The number of aliphatic hydroxyl groups is 1. The second kappa shape index (κ2) is 62.7. The Morgan fingerprint density at radius 1 is 0.472 bits per heavy atom. The van der Waals surface area contributed by atoms with Crippen molar-refractivity contribution in [3.63, 3.8) is 0 Å². The molecule has 23 amide bonds. The van der Waals surface area contributed by atoms with Crippen LogP contribution >= 0.6 is 43.2 Å². The van der Waals surface area contributed by atoms with E-state index in [1.807, 2.05) is 0 Å². The quantitative estimate of drug-likeness (QED) is 0.0127. The highest BCUT2D eigenvalue weighted by atomic mass is 33.1. The molecule has 802 valence electrons. The first-order chi connectivity index (χ1) is 67.7. The molecular formula is C83H135N31O26S4. The second-order valence-electron chi connectivity index (χ2n) is 34.6. The number of carboxylic acids is 1. The summed E-state index contributed by atoms with van der Waals surface area (Å²) in [5.74, 6) is -31.6. The van der Waals surface area contributed by atoms with E-state index in [-0.39, 0.29) is 90.4 Å². The largest absolute Gasteiger partial charge is 0.481 e. The van der Waals surface area contributed by atoms with Crippen LogP contribution in [0.2, 0.25) is 0 Å². The van der Waals surface area contributed by atoms with Crippen molar-refractivity contribution in [2.75, 3.05) is 49.2 Å². The highest BCUT2D eigenvalue weighted by molar-refractivity contribution is 8.77. The Morgan fingerprint density at radius 3 is 1.44 bits per heavy atom. The van der Waals surface area contributed by atoms with Gasteiger partial charge >= 0.3 is 5.97 Å². The van der Waals surface area contributed by atoms with E-state index in [0.717, 1.165) is 54.2 Å². The number of nitrogens with two attached hydrogens (primary N) is 6. The zero-order valence-corrected chi connectivity index (χ0v) is 84.0. The maximum absolute atomic E-state index is 15.5. The van der Waals surface area contributed by atoms with Crippen LogP contribution in [0, 0.1) is 16.7 Å². The Labute approximate surface area is 843 Å². The van der Waals surface area contributed by atoms with Crippen LogP contribution in [0.15, 0.2) is 12.5 Å². The highest BCUT2D eigenvalue weighted by Gasteiger charge is 2.43. The van der Waals surface area contributed by atoms with Crippen molar-refractivity contribution >= 4 is 197 Å². The molecule has 0 spiro atoms. The Kier molecular flexibility index (Phi) is 53.4. The number of aromatic nitrogens is 2. The molecule has 3 aliphatic rings. The zero-order chi connectivity index (χ0) is 108. The molecule has 0 radical (unpaired) electrons. The van der Waals surface area contributed by atoms with Gasteiger partial charge in [0, 0.05) is 101 Å². The van der Waals surface area contributed by atoms with Crippen molar-refractivity contribution < 1.29 is 125 Å². The van der Waals surface area contributed by atoms with Crippen LogP contribution < -0.4 is 141 Å². The van der Waals surface area contributed by atoms with Crippen molar-refractivity contribution in [3.05, 3.63) is 18.2 Å². The van der Waals surface area contributed by atoms with Crippen LogP contribution in [0.25, 0.3) is 0 Å². The number of H-pyrrole nitrogens is 1. The highest BCUT2D eigenvalue weighted by Crippen LogP contribution is 2.27. The Bertz CT molecular complexity index is 4740. The maximum Gasteiger partial charge on any atom is 0.303 e. The van der Waals surface area contributed by atoms with Gasteiger partial charge in [0.25, 0.3) is 0 Å². The van der Waals surface area contributed by atoms with Gasteiger partial charge in [0.05, 0.1) is 18.9 Å². The average Bonchev–Trinajstić information content (AvgIpc) is 1.69. The lowest BCUT2D eigenvalue weighted by Crippen LogP contribution is -2.61. The zero-order valence-electron chi connectivity index (χ0n) is 80.8. The summed E-state index contributed by atoms with van der Waals surface area (Å²) in [6.07, 6.45) is -6.28. The van der Waals surface area contributed by atoms with Gasteiger partial charge in [0.15, 0.2) is 11.9 Å². The smallest absolute Gasteiger partial charge is 0.303 e. The number of unbranched alkanes of at least 4 members (excludes halogenated alkanes) is 1. The predicted molar refractivity (Wildman–Crippen MR) is 521 cm³/mol. The topological polar surface area (TPSA) is 926 Å². The van der Waals surface area contributed by atoms with Gasteiger partial charge in [-0.05, 0) is 117 Å². The third kappa shape index (κ3) is 45.3. The summed E-state index contributed by atoms with van der Waals surface area (Å²) in [4.78, 5) is 348. The molecule has 61 heteroatoms. The molecule has 3 saturated heterocycles. The number of aliphatic carboxylic acids is 1. The van der Waals surface area contributed by atoms with Crippen LogP contribution in [-0.4, -0.2) is 343 Å². The van der Waals surface area contributed by atoms with E-state index in [0.29, 0.717) is 27.3 Å². The molecule has 1 aromatic rings. The molecule has 4 rings (SSSR count). The fraction of sp³-hybridized carbons (Fsp3) is 0.651. The molecule has 37 N–H and O–H groups in total. The molecule has 144 heavy (non-hydrogen) atoms. The number of fused-ring (bicyclic) bond motifs is 12. The van der Waals surface area contributed by atoms with E-state index >= 15 is 24.0 Å². The molecule has 2 bridgehead atoms. The minimum absolute atomic E-state index is 0.000569. The maximum atomic E-state index is 15.5. The van der Waals surface area contributed by atoms with Crippen LogP contribution in [0.3, 0.4) is 0 Å². The number of carbonyl (C=O) groups is 24. The van der Waals surface area contributed by atoms with Gasteiger partial charge in [0.1, 0.15) is 109 Å². The van der Waals surface area contributed by atoms with Crippen molar-refractivity contribution in [1.82, 2.24) is 121 Å². The molecular weight excluding hydrogens is 1980 g/mol. The van der Waals surface area contributed by atoms with Gasteiger partial charge < -0.3 is 161 Å². The van der Waals surface area contributed by atoms with Gasteiger partial charge in [-0.1, -0.05) is 57.0 Å². The summed E-state index contributed by atoms with van der Waals surface area (Å²) >= 11 is 0. The molecule has 0 aromatic carbocycles. The van der Waals surface area contributed by atoms with E-state index in [2.05, 4.69) is 116 Å². The van der Waals surface area contributed by atoms with Crippen molar-refractivity contribution in [2.24, 2.45) is 40.3 Å². The standard InChI is InChI=1S/C83H135N31O26S4/c1-37(2)28-52-73(132)111-55-33-142-141-32-54(100-43(8)117)76(135)109-53(30-61(86)120)74(133)112-57(77(136)103-45(14-9-10-24-93-42(7)116)67(126)99-40(5)81(140)114-27-13-17-58(114)79(138)106-50(20-23-62(121)122)72(131)113-63(41(6)115)80(139)98-39(4)66(125)108-52)35-144-143-34-56(110-69(128)47(16-12-26-95-83(90)91)102-68(127)46(15-11-25-94-82(88)89)101-65(124)38(3)97-75(55)134)78(137)105-48(18-21-59(84)118)70(129)104-49(19-22-60(85)119)71(130)107-51(64(87)123)29-44-31-92-36-96-44/h31,36-41,45-58,63,115H,9-30,32-35H2,1-8H3,(H2,84,118)(H2,85,119)(H2,86,120)(H2,87,123)(H,92,96)(H,93,116)(H,97,134)(H,98,139)(H,99,126)(H,100,117)(H,101,124)(H,102,127)(H,103,136)(H,104,129)(H,105,137)(H,106,138)(H,107,130)(H,108,125)(H,109,135)(H,110,128)(H,111,132)(H,112,133)(H,113,131)(H,121,122)(H4,88,89,94)(H4,90,91,95)/t38-,39-,40-,41+,45-,46-,47-,48-,49-,50-,51-,52-,53-,54-,55-,56-,57-,58-,63-/m0/s1. The number of guanidine groups is 2. The summed E-state index contributed by atoms with van der Waals surface area (Å²) in [6, 6.07) is -32.3. The van der Waals surface area contributed by atoms with E-state index in [9.17, 15) is 101 Å². The molecule has 3 fully saturated rings. The number of carboxylic acid groups (broad SMARTS) is 1. The fourth-order valence-electron chi connectivity index (χ4n) is 14.3. The summed E-state index contributed by atoms with van der Waals surface area (Å²) in [6.45, 7) is 9.47. The monoisotopic (exact) mass is 2110 g/mol. The summed E-state index contributed by atoms with van der Waals surface area (Å²) < 4.78 is 0. The number of amides is 23. The lowest BCUT2D eigenvalue weighted by Gasteiger charge is -2.30. The van der Waals surface area contributed by atoms with Gasteiger partial charge in [-0.25, -0.2) is 4.98 Å². The van der Waals surface area contributed by atoms with Gasteiger partial charge in [0.2, 0.25) is 136 Å². The fourth-order valence-corrected chi connectivity index (χ4v) is 18.9. The Hall–Kier alpha value is -13.6. The van der Waals surface area contributed by atoms with Crippen LogP contribution in [-0.2, 0) is 121 Å². The van der Waals surface area contributed by atoms with Crippen molar-refractivity contribution in [1.29, 1.82) is 10.8 Å². The van der Waals surface area contributed by atoms with Crippen molar-refractivity contribution in [2.45, 2.75) is 286 Å². The van der Waals surface area contributed by atoms with Crippen molar-refractivity contribution in [3.8, 4) is 0 Å². The molecule has 0 aliphatic carbocycles. The summed E-state index contributed by atoms with van der Waals surface area (Å²) in [7, 11) is 2.67. The normalized spacial score (nSPS) is 24.4. The molecule has 57 nitrogen and oxygen atoms in total. The lowest BCUT2D eigenvalue weighted by atomic mass is 10.0. The number of primary amides is 4. The number of hydrogen-bond donors (Lipinski definition) is 31. The van der Waals surface area contributed by atoms with E-state index in [1.165, 1.54) is 26.4 Å². The number of rotatable bonds is 37. The molecule has 4 heterocycles. The van der Waals surface area contributed by atoms with Crippen LogP contribution in [0.4, 0.5) is 0 Å². The Balaban J connectivity index is 2.17. The Morgan fingerprint density at radius 2 is 0.924 bits per heavy atom.